The van der Waals surface area contributed by atoms with Crippen LogP contribution in [0, 0.1) is 0 Å². The van der Waals surface area contributed by atoms with E-state index in [1.165, 1.54) is 18.0 Å². The molecule has 0 aliphatic carbocycles. The Hall–Kier alpha value is -3.07. The number of fused-ring (bicyclic) bond motifs is 2. The summed E-state index contributed by atoms with van der Waals surface area (Å²) in [5, 5.41) is 2.76. The molecule has 0 fully saturated rings. The van der Waals surface area contributed by atoms with E-state index in [0.717, 1.165) is 5.56 Å². The van der Waals surface area contributed by atoms with Crippen molar-refractivity contribution in [1.29, 1.82) is 0 Å². The minimum atomic E-state index is -3.49. The summed E-state index contributed by atoms with van der Waals surface area (Å²) in [5.74, 6) is -0.555. The topological polar surface area (TPSA) is 102 Å². The van der Waals surface area contributed by atoms with Crippen LogP contribution in [-0.2, 0) is 19.4 Å². The third kappa shape index (κ3) is 3.97. The second-order valence-electron chi connectivity index (χ2n) is 7.59. The molecule has 8 nitrogen and oxygen atoms in total. The molecule has 2 unspecified atom stereocenters. The van der Waals surface area contributed by atoms with Gasteiger partial charge >= 0.3 is 11.8 Å². The number of sulfone groups is 1. The van der Waals surface area contributed by atoms with Crippen LogP contribution in [0.25, 0.3) is 0 Å². The summed E-state index contributed by atoms with van der Waals surface area (Å²) in [7, 11) is -2.04. The second kappa shape index (κ2) is 8.22. The molecule has 0 aromatic heterocycles. The number of amides is 2. The highest BCUT2D eigenvalue weighted by molar-refractivity contribution is 7.91. The molecule has 4 rings (SSSR count). The van der Waals surface area contributed by atoms with Crippen molar-refractivity contribution < 1.29 is 27.5 Å². The maximum atomic E-state index is 12.8. The van der Waals surface area contributed by atoms with Gasteiger partial charge in [-0.1, -0.05) is 31.2 Å². The summed E-state index contributed by atoms with van der Waals surface area (Å²) in [5.41, 5.74) is 1.33. The maximum absolute atomic E-state index is 12.8. The van der Waals surface area contributed by atoms with Crippen molar-refractivity contribution in [3.8, 4) is 11.5 Å². The van der Waals surface area contributed by atoms with Crippen LogP contribution in [0.1, 0.15) is 36.6 Å². The Morgan fingerprint density at radius 3 is 2.58 bits per heavy atom. The number of hydrogen-bond donors (Lipinski definition) is 1. The van der Waals surface area contributed by atoms with Crippen molar-refractivity contribution in [2.45, 2.75) is 30.3 Å². The number of ether oxygens (including phenoxy) is 2. The van der Waals surface area contributed by atoms with Crippen molar-refractivity contribution in [3.05, 3.63) is 53.6 Å². The zero-order valence-corrected chi connectivity index (χ0v) is 18.1. The highest BCUT2D eigenvalue weighted by Gasteiger charge is 2.39. The number of benzene rings is 2. The van der Waals surface area contributed by atoms with Crippen LogP contribution in [0.2, 0.25) is 0 Å². The van der Waals surface area contributed by atoms with E-state index in [2.05, 4.69) is 5.32 Å². The fraction of sp³-hybridized carbons (Fsp3) is 0.364. The lowest BCUT2D eigenvalue weighted by Gasteiger charge is -2.26. The Kier molecular flexibility index (Phi) is 5.62. The summed E-state index contributed by atoms with van der Waals surface area (Å²) < 4.78 is 36.0. The van der Waals surface area contributed by atoms with Gasteiger partial charge in [-0.15, -0.1) is 0 Å². The third-order valence-electron chi connectivity index (χ3n) is 5.65. The number of nitrogens with zero attached hydrogens (tertiary/aromatic N) is 1. The molecule has 2 atom stereocenters. The van der Waals surface area contributed by atoms with E-state index in [4.69, 9.17) is 9.47 Å². The largest absolute Gasteiger partial charge is 0.486 e. The summed E-state index contributed by atoms with van der Waals surface area (Å²) in [4.78, 5) is 27.0. The Bertz CT molecular complexity index is 1130. The van der Waals surface area contributed by atoms with Crippen molar-refractivity contribution in [2.24, 2.45) is 0 Å². The van der Waals surface area contributed by atoms with E-state index < -0.39 is 33.7 Å². The lowest BCUT2D eigenvalue weighted by atomic mass is 10.0. The number of likely N-dealkylation sites (N-methyl/N-ethyl adjacent to an activating group) is 1. The quantitative estimate of drug-likeness (QED) is 0.724. The van der Waals surface area contributed by atoms with Gasteiger partial charge in [-0.25, -0.2) is 8.42 Å². The SMILES string of the molecule is CCC(NC(=O)C(=O)N(C)C1CS(=O)(=O)c2ccccc21)c1ccc2c(c1)OCCO2. The van der Waals surface area contributed by atoms with E-state index in [9.17, 15) is 18.0 Å². The zero-order valence-electron chi connectivity index (χ0n) is 17.3. The van der Waals surface area contributed by atoms with Crippen LogP contribution in [-0.4, -0.2) is 51.1 Å². The molecule has 2 aliphatic rings. The van der Waals surface area contributed by atoms with E-state index in [-0.39, 0.29) is 10.6 Å². The molecule has 0 saturated carbocycles. The van der Waals surface area contributed by atoms with E-state index in [1.54, 1.807) is 30.3 Å². The van der Waals surface area contributed by atoms with Crippen LogP contribution in [0.15, 0.2) is 47.4 Å². The van der Waals surface area contributed by atoms with Crippen molar-refractivity contribution in [3.63, 3.8) is 0 Å². The van der Waals surface area contributed by atoms with Crippen LogP contribution >= 0.6 is 0 Å². The van der Waals surface area contributed by atoms with E-state index in [1.807, 2.05) is 13.0 Å². The number of rotatable bonds is 4. The Labute approximate surface area is 181 Å². The first-order chi connectivity index (χ1) is 14.8. The van der Waals surface area contributed by atoms with Crippen molar-refractivity contribution >= 4 is 21.7 Å². The number of carbonyl (C=O) groups excluding carboxylic acids is 2. The molecule has 0 radical (unpaired) electrons. The molecule has 2 aromatic carbocycles. The molecule has 164 valence electrons. The van der Waals surface area contributed by atoms with Gasteiger partial charge in [0.25, 0.3) is 0 Å². The molecule has 9 heteroatoms. The molecule has 2 heterocycles. The van der Waals surface area contributed by atoms with Crippen molar-refractivity contribution in [2.75, 3.05) is 26.0 Å². The number of nitrogens with one attached hydrogen (secondary N) is 1. The fourth-order valence-electron chi connectivity index (χ4n) is 3.97. The minimum absolute atomic E-state index is 0.211. The standard InChI is InChI=1S/C22H24N2O6S/c1-3-16(14-8-9-18-19(12-14)30-11-10-29-18)23-21(25)22(26)24(2)17-13-31(27,28)20-7-5-4-6-15(17)20/h4-9,12,16-17H,3,10-11,13H2,1-2H3,(H,23,25). The number of carbonyl (C=O) groups is 2. The summed E-state index contributed by atoms with van der Waals surface area (Å²) in [6.45, 7) is 2.84. The predicted octanol–water partition coefficient (Wildman–Crippen LogP) is 2.01. The van der Waals surface area contributed by atoms with Gasteiger partial charge in [0.05, 0.1) is 22.7 Å². The first-order valence-electron chi connectivity index (χ1n) is 10.1. The van der Waals surface area contributed by atoms with E-state index >= 15 is 0 Å². The molecule has 2 aliphatic heterocycles. The molecule has 2 amide bonds. The molecule has 1 N–H and O–H groups in total. The lowest BCUT2D eigenvalue weighted by Crippen LogP contribution is -2.44. The summed E-state index contributed by atoms with van der Waals surface area (Å²) in [6.07, 6.45) is 0.559. The first-order valence-corrected chi connectivity index (χ1v) is 11.8. The monoisotopic (exact) mass is 444 g/mol. The molecule has 2 aromatic rings. The maximum Gasteiger partial charge on any atom is 0.312 e. The molecular formula is C22H24N2O6S. The third-order valence-corrected chi connectivity index (χ3v) is 7.45. The zero-order chi connectivity index (χ0) is 22.2. The molecule has 31 heavy (non-hydrogen) atoms. The van der Waals surface area contributed by atoms with E-state index in [0.29, 0.717) is 36.7 Å². The van der Waals surface area contributed by atoms with Gasteiger partial charge in [0.2, 0.25) is 0 Å². The first kappa shape index (κ1) is 21.2. The Balaban J connectivity index is 1.50. The van der Waals surface area contributed by atoms with Gasteiger partial charge in [0, 0.05) is 7.05 Å². The highest BCUT2D eigenvalue weighted by Crippen LogP contribution is 2.37. The van der Waals surface area contributed by atoms with Gasteiger partial charge in [-0.3, -0.25) is 9.59 Å². The fourth-order valence-corrected chi connectivity index (χ4v) is 5.81. The molecule has 0 saturated heterocycles. The highest BCUT2D eigenvalue weighted by atomic mass is 32.2. The second-order valence-corrected chi connectivity index (χ2v) is 9.59. The smallest absolute Gasteiger partial charge is 0.312 e. The van der Waals surface area contributed by atoms with Crippen LogP contribution in [0.5, 0.6) is 11.5 Å². The summed E-state index contributed by atoms with van der Waals surface area (Å²) >= 11 is 0. The molecular weight excluding hydrogens is 420 g/mol. The van der Waals surface area contributed by atoms with Gasteiger partial charge in [-0.05, 0) is 35.7 Å². The Morgan fingerprint density at radius 2 is 1.84 bits per heavy atom. The van der Waals surface area contributed by atoms with Gasteiger partial charge in [0.1, 0.15) is 13.2 Å². The van der Waals surface area contributed by atoms with Gasteiger partial charge in [-0.2, -0.15) is 0 Å². The predicted molar refractivity (Wildman–Crippen MR) is 113 cm³/mol. The average molecular weight is 445 g/mol. The van der Waals surface area contributed by atoms with Crippen LogP contribution in [0.3, 0.4) is 0 Å². The number of hydrogen-bond acceptors (Lipinski definition) is 6. The average Bonchev–Trinajstić information content (AvgIpc) is 3.07. The molecule has 0 bridgehead atoms. The summed E-state index contributed by atoms with van der Waals surface area (Å²) in [6, 6.07) is 10.9. The minimum Gasteiger partial charge on any atom is -0.486 e. The molecule has 0 spiro atoms. The Morgan fingerprint density at radius 1 is 1.13 bits per heavy atom. The van der Waals surface area contributed by atoms with Crippen LogP contribution < -0.4 is 14.8 Å². The van der Waals surface area contributed by atoms with Gasteiger partial charge in [0.15, 0.2) is 21.3 Å². The normalized spacial score (nSPS) is 19.2. The van der Waals surface area contributed by atoms with Crippen molar-refractivity contribution in [1.82, 2.24) is 10.2 Å². The lowest BCUT2D eigenvalue weighted by molar-refractivity contribution is -0.146. The van der Waals surface area contributed by atoms with Crippen LogP contribution in [0.4, 0.5) is 0 Å². The van der Waals surface area contributed by atoms with Gasteiger partial charge < -0.3 is 19.7 Å².